The van der Waals surface area contributed by atoms with Crippen LogP contribution in [0.3, 0.4) is 0 Å². The largest absolute Gasteiger partial charge is 0.480 e. The third kappa shape index (κ3) is 5.57. The molecule has 1 heterocycles. The molecule has 0 aromatic carbocycles. The van der Waals surface area contributed by atoms with Crippen LogP contribution in [0.4, 0.5) is 0 Å². The van der Waals surface area contributed by atoms with Crippen LogP contribution in [0.2, 0.25) is 0 Å². The summed E-state index contributed by atoms with van der Waals surface area (Å²) in [6, 6.07) is 0. The molecule has 0 aliphatic carbocycles. The third-order valence-corrected chi connectivity index (χ3v) is 4.60. The van der Waals surface area contributed by atoms with Gasteiger partial charge >= 0.3 is 5.97 Å². The summed E-state index contributed by atoms with van der Waals surface area (Å²) in [5, 5.41) is 12.8. The Morgan fingerprint density at radius 2 is 2.24 bits per heavy atom. The van der Waals surface area contributed by atoms with E-state index in [0.717, 1.165) is 45.4 Å². The average molecular weight is 300 g/mol. The molecule has 0 aromatic heterocycles. The standard InChI is InChI=1S/C16H32N2O3/c1-4-10-17-16(5-2,15(19)20)9-7-12-18-11-6-8-14(13-18)21-3/h14,17H,4-13H2,1-3H3,(H,19,20). The first kappa shape index (κ1) is 18.4. The first-order valence-corrected chi connectivity index (χ1v) is 8.31. The Bertz CT molecular complexity index is 312. The molecule has 1 aliphatic heterocycles. The van der Waals surface area contributed by atoms with Gasteiger partial charge in [-0.15, -0.1) is 0 Å². The first-order chi connectivity index (χ1) is 10.1. The summed E-state index contributed by atoms with van der Waals surface area (Å²) in [6.45, 7) is 7.82. The topological polar surface area (TPSA) is 61.8 Å². The van der Waals surface area contributed by atoms with Crippen molar-refractivity contribution in [2.45, 2.75) is 64.0 Å². The predicted octanol–water partition coefficient (Wildman–Crippen LogP) is 2.11. The number of carboxylic acid groups (broad SMARTS) is 1. The van der Waals surface area contributed by atoms with Gasteiger partial charge in [-0.25, -0.2) is 0 Å². The molecule has 1 fully saturated rings. The number of nitrogens with one attached hydrogen (secondary N) is 1. The molecule has 0 bridgehead atoms. The number of methoxy groups -OCH3 is 1. The summed E-state index contributed by atoms with van der Waals surface area (Å²) < 4.78 is 5.43. The second-order valence-electron chi connectivity index (χ2n) is 6.07. The van der Waals surface area contributed by atoms with Gasteiger partial charge < -0.3 is 20.1 Å². The van der Waals surface area contributed by atoms with Crippen LogP contribution < -0.4 is 5.32 Å². The van der Waals surface area contributed by atoms with Crippen molar-refractivity contribution in [2.24, 2.45) is 0 Å². The maximum Gasteiger partial charge on any atom is 0.323 e. The lowest BCUT2D eigenvalue weighted by atomic mass is 9.90. The van der Waals surface area contributed by atoms with Gasteiger partial charge in [0.25, 0.3) is 0 Å². The molecule has 1 saturated heterocycles. The second kappa shape index (κ2) is 9.38. The Balaban J connectivity index is 2.43. The van der Waals surface area contributed by atoms with Crippen molar-refractivity contribution in [3.8, 4) is 0 Å². The van der Waals surface area contributed by atoms with E-state index in [1.165, 1.54) is 6.42 Å². The van der Waals surface area contributed by atoms with Crippen molar-refractivity contribution >= 4 is 5.97 Å². The Labute approximate surface area is 129 Å². The minimum Gasteiger partial charge on any atom is -0.480 e. The van der Waals surface area contributed by atoms with Gasteiger partial charge in [-0.3, -0.25) is 4.79 Å². The Morgan fingerprint density at radius 1 is 1.48 bits per heavy atom. The smallest absolute Gasteiger partial charge is 0.323 e. The lowest BCUT2D eigenvalue weighted by molar-refractivity contribution is -0.145. The molecule has 2 atom stereocenters. The van der Waals surface area contributed by atoms with E-state index >= 15 is 0 Å². The number of hydrogen-bond acceptors (Lipinski definition) is 4. The second-order valence-corrected chi connectivity index (χ2v) is 6.07. The van der Waals surface area contributed by atoms with Gasteiger partial charge in [0.1, 0.15) is 5.54 Å². The van der Waals surface area contributed by atoms with Crippen LogP contribution in [0.25, 0.3) is 0 Å². The maximum atomic E-state index is 11.6. The van der Waals surface area contributed by atoms with E-state index in [1.807, 2.05) is 6.92 Å². The number of carbonyl (C=O) groups is 1. The zero-order valence-electron chi connectivity index (χ0n) is 13.9. The number of carboxylic acids is 1. The van der Waals surface area contributed by atoms with Crippen LogP contribution in [0.1, 0.15) is 52.4 Å². The molecule has 0 saturated carbocycles. The molecule has 21 heavy (non-hydrogen) atoms. The summed E-state index contributed by atoms with van der Waals surface area (Å²) in [6.07, 6.45) is 5.83. The van der Waals surface area contributed by atoms with Crippen LogP contribution >= 0.6 is 0 Å². The van der Waals surface area contributed by atoms with Crippen molar-refractivity contribution in [3.63, 3.8) is 0 Å². The van der Waals surface area contributed by atoms with Crippen molar-refractivity contribution in [1.82, 2.24) is 10.2 Å². The minimum absolute atomic E-state index is 0.340. The Kier molecular flexibility index (Phi) is 8.22. The SMILES string of the molecule is CCCNC(CC)(CCCN1CCCC(OC)C1)C(=O)O. The molecule has 0 aromatic rings. The van der Waals surface area contributed by atoms with Crippen molar-refractivity contribution in [2.75, 3.05) is 33.3 Å². The van der Waals surface area contributed by atoms with E-state index in [-0.39, 0.29) is 0 Å². The molecule has 5 heteroatoms. The highest BCUT2D eigenvalue weighted by Crippen LogP contribution is 2.20. The summed E-state index contributed by atoms with van der Waals surface area (Å²) in [5.41, 5.74) is -0.757. The fourth-order valence-electron chi connectivity index (χ4n) is 3.10. The van der Waals surface area contributed by atoms with Crippen molar-refractivity contribution in [1.29, 1.82) is 0 Å². The highest BCUT2D eigenvalue weighted by Gasteiger charge is 2.35. The van der Waals surface area contributed by atoms with Gasteiger partial charge in [0, 0.05) is 13.7 Å². The van der Waals surface area contributed by atoms with Crippen LogP contribution in [-0.4, -0.2) is 60.9 Å². The molecule has 2 N–H and O–H groups in total. The van der Waals surface area contributed by atoms with Gasteiger partial charge in [-0.1, -0.05) is 13.8 Å². The fourth-order valence-corrected chi connectivity index (χ4v) is 3.10. The monoisotopic (exact) mass is 300 g/mol. The van der Waals surface area contributed by atoms with Crippen LogP contribution in [-0.2, 0) is 9.53 Å². The molecule has 2 unspecified atom stereocenters. The number of hydrogen-bond donors (Lipinski definition) is 2. The summed E-state index contributed by atoms with van der Waals surface area (Å²) >= 11 is 0. The lowest BCUT2D eigenvalue weighted by Crippen LogP contribution is -2.52. The number of ether oxygens (including phenoxy) is 1. The minimum atomic E-state index is -0.757. The van der Waals surface area contributed by atoms with Crippen LogP contribution in [0.5, 0.6) is 0 Å². The van der Waals surface area contributed by atoms with Crippen molar-refractivity contribution in [3.05, 3.63) is 0 Å². The molecule has 0 radical (unpaired) electrons. The van der Waals surface area contributed by atoms with Crippen LogP contribution in [0, 0.1) is 0 Å². The van der Waals surface area contributed by atoms with E-state index < -0.39 is 11.5 Å². The number of aliphatic carboxylic acids is 1. The van der Waals surface area contributed by atoms with E-state index in [4.69, 9.17) is 4.74 Å². The Morgan fingerprint density at radius 3 is 2.81 bits per heavy atom. The van der Waals surface area contributed by atoms with Crippen LogP contribution in [0.15, 0.2) is 0 Å². The normalized spacial score (nSPS) is 22.9. The zero-order chi connectivity index (χ0) is 15.7. The first-order valence-electron chi connectivity index (χ1n) is 8.31. The molecule has 1 aliphatic rings. The predicted molar refractivity (Wildman–Crippen MR) is 84.7 cm³/mol. The van der Waals surface area contributed by atoms with Crippen molar-refractivity contribution < 1.29 is 14.6 Å². The van der Waals surface area contributed by atoms with E-state index in [1.54, 1.807) is 7.11 Å². The third-order valence-electron chi connectivity index (χ3n) is 4.60. The van der Waals surface area contributed by atoms with E-state index in [0.29, 0.717) is 18.9 Å². The molecule has 1 rings (SSSR count). The summed E-state index contributed by atoms with van der Waals surface area (Å²) in [7, 11) is 1.77. The molecule has 124 valence electrons. The zero-order valence-corrected chi connectivity index (χ0v) is 13.9. The summed E-state index contributed by atoms with van der Waals surface area (Å²) in [5.74, 6) is -0.716. The van der Waals surface area contributed by atoms with E-state index in [2.05, 4.69) is 17.1 Å². The van der Waals surface area contributed by atoms with E-state index in [9.17, 15) is 9.90 Å². The molecular formula is C16H32N2O3. The number of nitrogens with zero attached hydrogens (tertiary/aromatic N) is 1. The number of likely N-dealkylation sites (tertiary alicyclic amines) is 1. The number of rotatable bonds is 10. The lowest BCUT2D eigenvalue weighted by Gasteiger charge is -2.34. The van der Waals surface area contributed by atoms with Gasteiger partial charge in [0.15, 0.2) is 0 Å². The fraction of sp³-hybridized carbons (Fsp3) is 0.938. The number of piperidine rings is 1. The van der Waals surface area contributed by atoms with Gasteiger partial charge in [0.2, 0.25) is 0 Å². The Hall–Kier alpha value is -0.650. The molecule has 5 nitrogen and oxygen atoms in total. The molecule has 0 spiro atoms. The quantitative estimate of drug-likeness (QED) is 0.647. The van der Waals surface area contributed by atoms with Gasteiger partial charge in [-0.05, 0) is 58.2 Å². The van der Waals surface area contributed by atoms with Gasteiger partial charge in [0.05, 0.1) is 6.10 Å². The highest BCUT2D eigenvalue weighted by atomic mass is 16.5. The summed E-state index contributed by atoms with van der Waals surface area (Å²) in [4.78, 5) is 14.0. The highest BCUT2D eigenvalue weighted by molar-refractivity contribution is 5.78. The molecule has 0 amide bonds. The molecular weight excluding hydrogens is 268 g/mol. The average Bonchev–Trinajstić information content (AvgIpc) is 2.50. The van der Waals surface area contributed by atoms with Gasteiger partial charge in [-0.2, -0.15) is 0 Å². The maximum absolute atomic E-state index is 11.6.